The molecule has 0 N–H and O–H groups in total. The van der Waals surface area contributed by atoms with Crippen LogP contribution in [-0.4, -0.2) is 5.78 Å². The summed E-state index contributed by atoms with van der Waals surface area (Å²) < 4.78 is 39.9. The van der Waals surface area contributed by atoms with Crippen LogP contribution < -0.4 is 0 Å². The summed E-state index contributed by atoms with van der Waals surface area (Å²) in [5.74, 6) is -4.32. The quantitative estimate of drug-likeness (QED) is 0.501. The third-order valence-corrected chi connectivity index (χ3v) is 3.29. The highest BCUT2D eigenvalue weighted by Gasteiger charge is 2.19. The normalized spacial score (nSPS) is 10.8. The number of hydrogen-bond donors (Lipinski definition) is 0. The van der Waals surface area contributed by atoms with Gasteiger partial charge in [0.1, 0.15) is 5.82 Å². The number of ketones is 1. The minimum absolute atomic E-state index is 0.248. The Balaban J connectivity index is 2.20. The van der Waals surface area contributed by atoms with Crippen molar-refractivity contribution in [3.05, 3.63) is 83.2 Å². The fraction of sp³-hybridized carbons (Fsp3) is 0. The zero-order valence-electron chi connectivity index (χ0n) is 10.7. The smallest absolute Gasteiger partial charge is 0.196 e. The molecule has 0 spiro atoms. The van der Waals surface area contributed by atoms with Gasteiger partial charge in [-0.1, -0.05) is 42.5 Å². The Kier molecular flexibility index (Phi) is 3.22. The van der Waals surface area contributed by atoms with E-state index in [4.69, 9.17) is 0 Å². The molecule has 0 amide bonds. The third-order valence-electron chi connectivity index (χ3n) is 3.29. The van der Waals surface area contributed by atoms with Gasteiger partial charge in [-0.15, -0.1) is 0 Å². The molecule has 0 unspecified atom stereocenters. The Bertz CT molecular complexity index is 851. The van der Waals surface area contributed by atoms with Crippen molar-refractivity contribution in [1.82, 2.24) is 0 Å². The lowest BCUT2D eigenvalue weighted by Crippen LogP contribution is -2.06. The zero-order chi connectivity index (χ0) is 15.0. The van der Waals surface area contributed by atoms with Crippen molar-refractivity contribution in [2.45, 2.75) is 0 Å². The van der Waals surface area contributed by atoms with Gasteiger partial charge in [-0.3, -0.25) is 4.79 Å². The molecule has 0 aliphatic carbocycles. The lowest BCUT2D eigenvalue weighted by molar-refractivity contribution is 0.103. The molecule has 0 fully saturated rings. The number of fused-ring (bicyclic) bond motifs is 1. The topological polar surface area (TPSA) is 17.1 Å². The molecule has 3 aromatic carbocycles. The maximum atomic E-state index is 13.7. The maximum absolute atomic E-state index is 13.7. The van der Waals surface area contributed by atoms with Crippen molar-refractivity contribution in [1.29, 1.82) is 0 Å². The van der Waals surface area contributed by atoms with E-state index in [-0.39, 0.29) is 5.56 Å². The summed E-state index contributed by atoms with van der Waals surface area (Å²) in [7, 11) is 0. The Morgan fingerprint density at radius 3 is 2.19 bits per heavy atom. The first-order chi connectivity index (χ1) is 10.1. The van der Waals surface area contributed by atoms with Gasteiger partial charge in [0.05, 0.1) is 5.56 Å². The summed E-state index contributed by atoms with van der Waals surface area (Å²) in [4.78, 5) is 12.4. The molecule has 0 saturated carbocycles. The summed E-state index contributed by atoms with van der Waals surface area (Å²) in [5.41, 5.74) is -0.233. The molecular weight excluding hydrogens is 277 g/mol. The van der Waals surface area contributed by atoms with Crippen LogP contribution in [0.25, 0.3) is 10.8 Å². The van der Waals surface area contributed by atoms with Crippen molar-refractivity contribution >= 4 is 16.6 Å². The molecule has 0 aromatic heterocycles. The van der Waals surface area contributed by atoms with Crippen LogP contribution in [0.15, 0.2) is 54.6 Å². The van der Waals surface area contributed by atoms with Crippen molar-refractivity contribution in [3.63, 3.8) is 0 Å². The molecule has 4 heteroatoms. The maximum Gasteiger partial charge on any atom is 0.196 e. The lowest BCUT2D eigenvalue weighted by atomic mass is 9.97. The molecule has 0 aliphatic rings. The van der Waals surface area contributed by atoms with E-state index in [1.165, 1.54) is 6.07 Å². The van der Waals surface area contributed by atoms with Gasteiger partial charge < -0.3 is 0 Å². The molecule has 21 heavy (non-hydrogen) atoms. The number of carbonyl (C=O) groups excluding carboxylic acids is 1. The van der Waals surface area contributed by atoms with Gasteiger partial charge in [0.2, 0.25) is 0 Å². The first kappa shape index (κ1) is 13.4. The van der Waals surface area contributed by atoms with E-state index in [9.17, 15) is 18.0 Å². The number of hydrogen-bond acceptors (Lipinski definition) is 1. The van der Waals surface area contributed by atoms with E-state index in [0.717, 1.165) is 5.39 Å². The van der Waals surface area contributed by atoms with Gasteiger partial charge in [-0.2, -0.15) is 0 Å². The summed E-state index contributed by atoms with van der Waals surface area (Å²) in [6, 6.07) is 13.1. The Hall–Kier alpha value is -2.62. The monoisotopic (exact) mass is 286 g/mol. The van der Waals surface area contributed by atoms with Crippen LogP contribution in [0.2, 0.25) is 0 Å². The van der Waals surface area contributed by atoms with Crippen molar-refractivity contribution in [2.75, 3.05) is 0 Å². The zero-order valence-corrected chi connectivity index (χ0v) is 10.7. The third kappa shape index (κ3) is 2.29. The molecule has 1 nitrogen and oxygen atoms in total. The SMILES string of the molecule is O=C(c1cc(F)c(F)cc1F)c1cccc2ccccc12. The molecule has 104 valence electrons. The van der Waals surface area contributed by atoms with Gasteiger partial charge in [0.25, 0.3) is 0 Å². The summed E-state index contributed by atoms with van der Waals surface area (Å²) in [6.45, 7) is 0. The standard InChI is InChI=1S/C17H9F3O/c18-14-9-16(20)15(19)8-13(14)17(21)12-7-3-5-10-4-1-2-6-11(10)12/h1-9H. The second-order valence-electron chi connectivity index (χ2n) is 4.60. The fourth-order valence-electron chi connectivity index (χ4n) is 2.27. The summed E-state index contributed by atoms with van der Waals surface area (Å²) >= 11 is 0. The highest BCUT2D eigenvalue weighted by atomic mass is 19.2. The van der Waals surface area contributed by atoms with E-state index in [1.807, 2.05) is 18.2 Å². The number of carbonyl (C=O) groups is 1. The van der Waals surface area contributed by atoms with E-state index >= 15 is 0 Å². The average molecular weight is 286 g/mol. The summed E-state index contributed by atoms with van der Waals surface area (Å²) in [6.07, 6.45) is 0. The largest absolute Gasteiger partial charge is 0.288 e. The van der Waals surface area contributed by atoms with E-state index in [2.05, 4.69) is 0 Å². The van der Waals surface area contributed by atoms with Crippen molar-refractivity contribution in [3.8, 4) is 0 Å². The van der Waals surface area contributed by atoms with Crippen LogP contribution in [-0.2, 0) is 0 Å². The van der Waals surface area contributed by atoms with Crippen molar-refractivity contribution in [2.24, 2.45) is 0 Å². The molecule has 0 heterocycles. The Morgan fingerprint density at radius 1 is 0.714 bits per heavy atom. The van der Waals surface area contributed by atoms with Gasteiger partial charge in [-0.25, -0.2) is 13.2 Å². The van der Waals surface area contributed by atoms with E-state index in [0.29, 0.717) is 17.5 Å². The van der Waals surface area contributed by atoms with Crippen LogP contribution in [0, 0.1) is 17.5 Å². The minimum atomic E-state index is -1.32. The number of halogens is 3. The van der Waals surface area contributed by atoms with Gasteiger partial charge in [0.15, 0.2) is 17.4 Å². The van der Waals surface area contributed by atoms with E-state index in [1.54, 1.807) is 18.2 Å². The average Bonchev–Trinajstić information content (AvgIpc) is 2.49. The molecule has 0 saturated heterocycles. The first-order valence-corrected chi connectivity index (χ1v) is 6.25. The predicted octanol–water partition coefficient (Wildman–Crippen LogP) is 4.49. The Morgan fingerprint density at radius 2 is 1.38 bits per heavy atom. The predicted molar refractivity (Wildman–Crippen MR) is 73.7 cm³/mol. The van der Waals surface area contributed by atoms with E-state index < -0.39 is 28.8 Å². The summed E-state index contributed by atoms with van der Waals surface area (Å²) in [5, 5.41) is 1.44. The van der Waals surface area contributed by atoms with Crippen LogP contribution in [0.5, 0.6) is 0 Å². The highest BCUT2D eigenvalue weighted by Crippen LogP contribution is 2.23. The second kappa shape index (κ2) is 5.05. The molecule has 0 atom stereocenters. The molecule has 0 radical (unpaired) electrons. The lowest BCUT2D eigenvalue weighted by Gasteiger charge is -2.07. The van der Waals surface area contributed by atoms with Gasteiger partial charge >= 0.3 is 0 Å². The first-order valence-electron chi connectivity index (χ1n) is 6.25. The minimum Gasteiger partial charge on any atom is -0.288 e. The van der Waals surface area contributed by atoms with Gasteiger partial charge in [0, 0.05) is 11.6 Å². The molecule has 0 bridgehead atoms. The molecular formula is C17H9F3O. The highest BCUT2D eigenvalue weighted by molar-refractivity contribution is 6.16. The second-order valence-corrected chi connectivity index (χ2v) is 4.60. The molecule has 3 rings (SSSR count). The van der Waals surface area contributed by atoms with Gasteiger partial charge in [-0.05, 0) is 16.8 Å². The molecule has 3 aromatic rings. The Labute approximate surface area is 118 Å². The number of rotatable bonds is 2. The molecule has 0 aliphatic heterocycles. The van der Waals surface area contributed by atoms with Crippen LogP contribution >= 0.6 is 0 Å². The van der Waals surface area contributed by atoms with Crippen LogP contribution in [0.1, 0.15) is 15.9 Å². The van der Waals surface area contributed by atoms with Crippen molar-refractivity contribution < 1.29 is 18.0 Å². The fourth-order valence-corrected chi connectivity index (χ4v) is 2.27. The number of benzene rings is 3. The van der Waals surface area contributed by atoms with Crippen LogP contribution in [0.4, 0.5) is 13.2 Å². The van der Waals surface area contributed by atoms with Crippen LogP contribution in [0.3, 0.4) is 0 Å².